The maximum Gasteiger partial charge on any atom is 0.312 e. The predicted molar refractivity (Wildman–Crippen MR) is 136 cm³/mol. The van der Waals surface area contributed by atoms with Gasteiger partial charge in [0.15, 0.2) is 5.78 Å². The Hall–Kier alpha value is -1.45. The van der Waals surface area contributed by atoms with Gasteiger partial charge < -0.3 is 4.74 Å². The number of Topliss-reactive ketones (excluding diaryl/α,β-unsaturated/α-hetero) is 1. The second-order valence-corrected chi connectivity index (χ2v) is 15.0. The first-order valence-electron chi connectivity index (χ1n) is 14.0. The molecule has 5 aliphatic carbocycles. The third kappa shape index (κ3) is 3.00. The molecule has 0 unspecified atom stereocenters. The molecule has 4 fully saturated rings. The maximum absolute atomic E-state index is 14.3. The lowest BCUT2D eigenvalue weighted by atomic mass is 9.34. The lowest BCUT2D eigenvalue weighted by Gasteiger charge is -2.69. The number of fused-ring (bicyclic) bond motifs is 7. The van der Waals surface area contributed by atoms with Crippen LogP contribution in [0.4, 0.5) is 0 Å². The number of carbonyl (C=O) groups is 3. The van der Waals surface area contributed by atoms with Crippen LogP contribution < -0.4 is 0 Å². The highest BCUT2D eigenvalue weighted by atomic mass is 16.5. The largest absolute Gasteiger partial charge is 0.469 e. The molecule has 0 bridgehead atoms. The lowest BCUT2D eigenvalue weighted by molar-refractivity contribution is -0.192. The topological polar surface area (TPSA) is 60.4 Å². The van der Waals surface area contributed by atoms with E-state index in [9.17, 15) is 14.4 Å². The van der Waals surface area contributed by atoms with E-state index < -0.39 is 5.41 Å². The van der Waals surface area contributed by atoms with E-state index in [0.29, 0.717) is 12.2 Å². The highest BCUT2D eigenvalue weighted by Crippen LogP contribution is 2.74. The zero-order valence-corrected chi connectivity index (χ0v) is 23.3. The molecule has 0 heterocycles. The summed E-state index contributed by atoms with van der Waals surface area (Å²) >= 11 is 0. The first kappa shape index (κ1) is 25.2. The van der Waals surface area contributed by atoms with Gasteiger partial charge in [0.2, 0.25) is 0 Å². The maximum atomic E-state index is 14.3. The Balaban J connectivity index is 1.65. The van der Waals surface area contributed by atoms with Crippen LogP contribution in [0, 0.1) is 50.2 Å². The van der Waals surface area contributed by atoms with Crippen molar-refractivity contribution in [2.45, 2.75) is 106 Å². The molecule has 0 amide bonds. The zero-order valence-electron chi connectivity index (χ0n) is 23.3. The van der Waals surface area contributed by atoms with Crippen LogP contribution in [-0.4, -0.2) is 24.6 Å². The van der Waals surface area contributed by atoms with Crippen LogP contribution in [0.3, 0.4) is 0 Å². The van der Waals surface area contributed by atoms with Gasteiger partial charge in [0.25, 0.3) is 0 Å². The molecule has 7 atom stereocenters. The minimum absolute atomic E-state index is 0.0227. The van der Waals surface area contributed by atoms with Gasteiger partial charge in [0.05, 0.1) is 12.5 Å². The Morgan fingerprint density at radius 2 is 1.57 bits per heavy atom. The van der Waals surface area contributed by atoms with Crippen molar-refractivity contribution in [2.75, 3.05) is 7.11 Å². The summed E-state index contributed by atoms with van der Waals surface area (Å²) in [4.78, 5) is 40.6. The number of methoxy groups -OCH3 is 1. The Morgan fingerprint density at radius 3 is 2.23 bits per heavy atom. The summed E-state index contributed by atoms with van der Waals surface area (Å²) in [5, 5.41) is 0. The van der Waals surface area contributed by atoms with Gasteiger partial charge in [-0.1, -0.05) is 54.0 Å². The van der Waals surface area contributed by atoms with E-state index in [1.165, 1.54) is 12.7 Å². The third-order valence-electron chi connectivity index (χ3n) is 12.7. The Bertz CT molecular complexity index is 1020. The van der Waals surface area contributed by atoms with Gasteiger partial charge >= 0.3 is 5.97 Å². The molecule has 194 valence electrons. The predicted octanol–water partition coefficient (Wildman–Crippen LogP) is 6.71. The molecule has 0 aromatic carbocycles. The van der Waals surface area contributed by atoms with E-state index in [4.69, 9.17) is 4.74 Å². The normalized spacial score (nSPS) is 48.0. The van der Waals surface area contributed by atoms with Gasteiger partial charge in [0.1, 0.15) is 5.78 Å². The molecule has 5 aliphatic rings. The average molecular weight is 483 g/mol. The summed E-state index contributed by atoms with van der Waals surface area (Å²) in [6, 6.07) is 0. The first-order valence-corrected chi connectivity index (χ1v) is 14.0. The Kier molecular flexibility index (Phi) is 5.27. The van der Waals surface area contributed by atoms with E-state index >= 15 is 0 Å². The summed E-state index contributed by atoms with van der Waals surface area (Å²) in [6.07, 6.45) is 9.92. The lowest BCUT2D eigenvalue weighted by Crippen LogP contribution is -2.66. The van der Waals surface area contributed by atoms with E-state index in [0.717, 1.165) is 51.4 Å². The molecule has 0 spiro atoms. The van der Waals surface area contributed by atoms with Crippen LogP contribution in [0.1, 0.15) is 106 Å². The van der Waals surface area contributed by atoms with Crippen LogP contribution in [-0.2, 0) is 19.1 Å². The quantitative estimate of drug-likeness (QED) is 0.390. The molecule has 0 aromatic rings. The van der Waals surface area contributed by atoms with Gasteiger partial charge in [-0.2, -0.15) is 0 Å². The molecule has 4 saturated carbocycles. The number of hydrogen-bond acceptors (Lipinski definition) is 4. The zero-order chi connectivity index (χ0) is 25.8. The molecule has 0 N–H and O–H groups in total. The van der Waals surface area contributed by atoms with Crippen LogP contribution in [0.2, 0.25) is 0 Å². The van der Waals surface area contributed by atoms with Crippen LogP contribution in [0.15, 0.2) is 11.6 Å². The smallest absolute Gasteiger partial charge is 0.312 e. The molecule has 0 saturated heterocycles. The number of carbonyl (C=O) groups excluding carboxylic acids is 3. The van der Waals surface area contributed by atoms with E-state index in [1.807, 2.05) is 6.08 Å². The number of rotatable bonds is 1. The third-order valence-corrected chi connectivity index (χ3v) is 12.7. The standard InChI is InChI=1S/C31H46O4/c1-26(2)13-15-31(25(34)35-8)16-14-30(7)24(19(31)18-26)20(32)17-22-28(5)11-10-23(33)27(3,4)21(28)9-12-29(22,30)6/h17,19,21,24H,9-16,18H2,1-8H3/t19-,21+,24-,28+,29+,30-,31-/m0/s1. The van der Waals surface area contributed by atoms with Crippen LogP contribution in [0.25, 0.3) is 0 Å². The first-order chi connectivity index (χ1) is 16.1. The van der Waals surface area contributed by atoms with Gasteiger partial charge in [0, 0.05) is 17.8 Å². The van der Waals surface area contributed by atoms with Crippen molar-refractivity contribution in [2.24, 2.45) is 50.2 Å². The van der Waals surface area contributed by atoms with E-state index in [-0.39, 0.29) is 56.6 Å². The van der Waals surface area contributed by atoms with Crippen molar-refractivity contribution < 1.29 is 19.1 Å². The molecule has 4 nitrogen and oxygen atoms in total. The molecular formula is C31H46O4. The minimum Gasteiger partial charge on any atom is -0.469 e. The fraction of sp³-hybridized carbons (Fsp3) is 0.839. The SMILES string of the molecule is COC(=O)[C@]12CCC(C)(C)C[C@H]1[C@H]1C(=O)C=C3[C@]4(C)CCC(=O)C(C)(C)[C@H]4CC[C@@]3(C)[C@@]1(C)CC2. The molecule has 0 radical (unpaired) electrons. The van der Waals surface area contributed by atoms with E-state index in [1.54, 1.807) is 0 Å². The number of hydrogen-bond donors (Lipinski definition) is 0. The summed E-state index contributed by atoms with van der Waals surface area (Å²) in [5.41, 5.74) is 0.119. The van der Waals surface area contributed by atoms with Crippen molar-refractivity contribution in [1.29, 1.82) is 0 Å². The number of ether oxygens (including phenoxy) is 1. The second-order valence-electron chi connectivity index (χ2n) is 15.0. The summed E-state index contributed by atoms with van der Waals surface area (Å²) < 4.78 is 5.42. The van der Waals surface area contributed by atoms with Crippen molar-refractivity contribution >= 4 is 17.5 Å². The molecule has 4 heteroatoms. The molecular weight excluding hydrogens is 436 g/mol. The van der Waals surface area contributed by atoms with Gasteiger partial charge in [-0.05, 0) is 90.9 Å². The molecule has 0 aromatic heterocycles. The van der Waals surface area contributed by atoms with Crippen LogP contribution in [0.5, 0.6) is 0 Å². The van der Waals surface area contributed by atoms with Gasteiger partial charge in [-0.3, -0.25) is 14.4 Å². The number of ketones is 2. The minimum atomic E-state index is -0.536. The number of esters is 1. The highest BCUT2D eigenvalue weighted by molar-refractivity contribution is 5.96. The van der Waals surface area contributed by atoms with Crippen molar-refractivity contribution in [3.05, 3.63) is 11.6 Å². The monoisotopic (exact) mass is 482 g/mol. The highest BCUT2D eigenvalue weighted by Gasteiger charge is 2.71. The summed E-state index contributed by atoms with van der Waals surface area (Å²) in [7, 11) is 1.51. The second kappa shape index (κ2) is 7.32. The fourth-order valence-corrected chi connectivity index (χ4v) is 10.4. The van der Waals surface area contributed by atoms with Gasteiger partial charge in [-0.25, -0.2) is 0 Å². The fourth-order valence-electron chi connectivity index (χ4n) is 10.4. The molecule has 35 heavy (non-hydrogen) atoms. The Morgan fingerprint density at radius 1 is 0.914 bits per heavy atom. The molecule has 5 rings (SSSR count). The van der Waals surface area contributed by atoms with Gasteiger partial charge in [-0.15, -0.1) is 0 Å². The van der Waals surface area contributed by atoms with E-state index in [2.05, 4.69) is 48.5 Å². The molecule has 0 aliphatic heterocycles. The summed E-state index contributed by atoms with van der Waals surface area (Å²) in [5.74, 6) is 0.648. The van der Waals surface area contributed by atoms with Crippen molar-refractivity contribution in [3.63, 3.8) is 0 Å². The number of allylic oxidation sites excluding steroid dienone is 2. The van der Waals surface area contributed by atoms with Crippen LogP contribution >= 0.6 is 0 Å². The van der Waals surface area contributed by atoms with Crippen molar-refractivity contribution in [1.82, 2.24) is 0 Å². The van der Waals surface area contributed by atoms with Crippen molar-refractivity contribution in [3.8, 4) is 0 Å². The summed E-state index contributed by atoms with van der Waals surface area (Å²) in [6.45, 7) is 16.0. The Labute approximate surface area is 212 Å². The average Bonchev–Trinajstić information content (AvgIpc) is 2.77.